The van der Waals surface area contributed by atoms with Crippen molar-refractivity contribution in [3.05, 3.63) is 121 Å². The SMILES string of the molecule is CNC(=O)Nc1cccc(C(Cn2c(=O)c3c(n(Cc4c(F)cccc4C(F)(F)F)c2=O)COC32CCN(Cc3ccc(C(F)(F)F)o3)CC2)NC(=O)O)c1. The fraction of sp³-hybridized carbons (Fsp3) is 0.371. The monoisotopic (exact) mass is 782 g/mol. The number of piperidine rings is 1. The van der Waals surface area contributed by atoms with E-state index in [9.17, 15) is 50.6 Å². The highest BCUT2D eigenvalue weighted by Crippen LogP contribution is 2.43. The second-order valence-electron chi connectivity index (χ2n) is 13.0. The lowest BCUT2D eigenvalue weighted by molar-refractivity contribution is -0.153. The van der Waals surface area contributed by atoms with Gasteiger partial charge in [-0.05, 0) is 54.8 Å². The van der Waals surface area contributed by atoms with E-state index in [-0.39, 0.29) is 60.7 Å². The molecule has 0 saturated carbocycles. The van der Waals surface area contributed by atoms with Gasteiger partial charge in [-0.1, -0.05) is 18.2 Å². The first-order valence-corrected chi connectivity index (χ1v) is 16.7. The first-order chi connectivity index (χ1) is 25.9. The van der Waals surface area contributed by atoms with Crippen LogP contribution in [0.2, 0.25) is 0 Å². The van der Waals surface area contributed by atoms with Gasteiger partial charge in [-0.3, -0.25) is 18.8 Å². The van der Waals surface area contributed by atoms with E-state index in [1.165, 1.54) is 37.4 Å². The van der Waals surface area contributed by atoms with Gasteiger partial charge < -0.3 is 30.2 Å². The molecule has 2 aromatic heterocycles. The third kappa shape index (κ3) is 8.09. The first-order valence-electron chi connectivity index (χ1n) is 16.7. The van der Waals surface area contributed by atoms with Crippen LogP contribution in [-0.4, -0.2) is 51.4 Å². The summed E-state index contributed by atoms with van der Waals surface area (Å²) in [5.74, 6) is -2.41. The molecule has 2 aromatic carbocycles. The van der Waals surface area contributed by atoms with Crippen LogP contribution >= 0.6 is 0 Å². The maximum absolute atomic E-state index is 15.2. The van der Waals surface area contributed by atoms with E-state index in [0.29, 0.717) is 10.6 Å². The van der Waals surface area contributed by atoms with Crippen molar-refractivity contribution in [1.82, 2.24) is 24.7 Å². The van der Waals surface area contributed by atoms with Gasteiger partial charge in [0.05, 0.1) is 49.1 Å². The molecule has 0 radical (unpaired) electrons. The van der Waals surface area contributed by atoms with Crippen LogP contribution < -0.4 is 27.2 Å². The maximum Gasteiger partial charge on any atom is 0.449 e. The summed E-state index contributed by atoms with van der Waals surface area (Å²) < 4.78 is 109. The van der Waals surface area contributed by atoms with Crippen LogP contribution in [0.5, 0.6) is 0 Å². The zero-order chi connectivity index (χ0) is 39.9. The Balaban J connectivity index is 1.43. The summed E-state index contributed by atoms with van der Waals surface area (Å²) >= 11 is 0. The van der Waals surface area contributed by atoms with Crippen molar-refractivity contribution >= 4 is 17.8 Å². The van der Waals surface area contributed by atoms with Gasteiger partial charge in [-0.15, -0.1) is 0 Å². The Morgan fingerprint density at radius 3 is 2.29 bits per heavy atom. The Labute approximate surface area is 306 Å². The molecular weight excluding hydrogens is 749 g/mol. The first kappa shape index (κ1) is 39.1. The third-order valence-corrected chi connectivity index (χ3v) is 9.64. The number of alkyl halides is 6. The second kappa shape index (κ2) is 14.9. The molecule has 2 aliphatic heterocycles. The van der Waals surface area contributed by atoms with Crippen LogP contribution in [0.4, 0.5) is 46.0 Å². The number of carboxylic acid groups (broad SMARTS) is 1. The number of furan rings is 1. The maximum atomic E-state index is 15.2. The zero-order valence-electron chi connectivity index (χ0n) is 28.8. The molecule has 1 saturated heterocycles. The Hall–Kier alpha value is -5.63. The molecule has 0 bridgehead atoms. The lowest BCUT2D eigenvalue weighted by atomic mass is 9.85. The normalized spacial score (nSPS) is 16.1. The number of rotatable bonds is 9. The summed E-state index contributed by atoms with van der Waals surface area (Å²) in [5.41, 5.74) is -5.55. The molecule has 4 heterocycles. The minimum Gasteiger partial charge on any atom is -0.465 e. The van der Waals surface area contributed by atoms with E-state index < -0.39 is 89.8 Å². The fourth-order valence-corrected chi connectivity index (χ4v) is 6.99. The molecule has 0 aliphatic carbocycles. The third-order valence-electron chi connectivity index (χ3n) is 9.64. The number of carbonyl (C=O) groups excluding carboxylic acids is 1. The van der Waals surface area contributed by atoms with Crippen LogP contribution in [0.15, 0.2) is 68.6 Å². The summed E-state index contributed by atoms with van der Waals surface area (Å²) in [7, 11) is 1.37. The molecule has 1 unspecified atom stereocenters. The highest BCUT2D eigenvalue weighted by Gasteiger charge is 2.48. The number of benzene rings is 2. The average molecular weight is 783 g/mol. The predicted octanol–water partition coefficient (Wildman–Crippen LogP) is 5.61. The molecule has 4 aromatic rings. The number of urea groups is 1. The number of nitrogens with one attached hydrogen (secondary N) is 3. The van der Waals surface area contributed by atoms with E-state index >= 15 is 4.39 Å². The van der Waals surface area contributed by atoms with Crippen LogP contribution in [-0.2, 0) is 48.9 Å². The summed E-state index contributed by atoms with van der Waals surface area (Å²) in [6, 6.07) is 8.18. The molecule has 13 nitrogen and oxygen atoms in total. The molecule has 3 amide bonds. The number of hydrogen-bond acceptors (Lipinski definition) is 7. The summed E-state index contributed by atoms with van der Waals surface area (Å²) in [5, 5.41) is 16.8. The molecule has 1 fully saturated rings. The number of nitrogens with zero attached hydrogens (tertiary/aromatic N) is 3. The number of amides is 3. The summed E-state index contributed by atoms with van der Waals surface area (Å²) in [4.78, 5) is 54.4. The minimum atomic E-state index is -5.03. The van der Waals surface area contributed by atoms with Crippen LogP contribution in [0, 0.1) is 5.82 Å². The van der Waals surface area contributed by atoms with Crippen molar-refractivity contribution in [2.45, 2.75) is 63.1 Å². The number of halogens is 7. The van der Waals surface area contributed by atoms with Crippen LogP contribution in [0.1, 0.15) is 58.4 Å². The van der Waals surface area contributed by atoms with Crippen molar-refractivity contribution in [1.29, 1.82) is 0 Å². The Morgan fingerprint density at radius 1 is 0.945 bits per heavy atom. The van der Waals surface area contributed by atoms with Crippen molar-refractivity contribution in [3.8, 4) is 0 Å². The van der Waals surface area contributed by atoms with E-state index in [1.54, 1.807) is 4.90 Å². The number of carbonyl (C=O) groups is 2. The molecular formula is C35H33F7N6O7. The van der Waals surface area contributed by atoms with Crippen molar-refractivity contribution in [3.63, 3.8) is 0 Å². The minimum absolute atomic E-state index is 0.0212. The second-order valence-corrected chi connectivity index (χ2v) is 13.0. The lowest BCUT2D eigenvalue weighted by Gasteiger charge is -2.38. The van der Waals surface area contributed by atoms with Gasteiger partial charge in [0.15, 0.2) is 0 Å². The highest BCUT2D eigenvalue weighted by atomic mass is 19.4. The van der Waals surface area contributed by atoms with E-state index in [0.717, 1.165) is 22.8 Å². The summed E-state index contributed by atoms with van der Waals surface area (Å²) in [6.45, 7) is -1.80. The lowest BCUT2D eigenvalue weighted by Crippen LogP contribution is -2.50. The molecule has 55 heavy (non-hydrogen) atoms. The molecule has 1 atom stereocenters. The van der Waals surface area contributed by atoms with E-state index in [2.05, 4.69) is 16.0 Å². The number of hydrogen-bond donors (Lipinski definition) is 4. The quantitative estimate of drug-likeness (QED) is 0.160. The largest absolute Gasteiger partial charge is 0.465 e. The van der Waals surface area contributed by atoms with E-state index in [1.807, 2.05) is 0 Å². The van der Waals surface area contributed by atoms with Crippen LogP contribution in [0.25, 0.3) is 0 Å². The number of ether oxygens (including phenoxy) is 1. The zero-order valence-corrected chi connectivity index (χ0v) is 28.8. The topological polar surface area (TPSA) is 160 Å². The number of aromatic nitrogens is 2. The molecule has 6 rings (SSSR count). The van der Waals surface area contributed by atoms with Crippen LogP contribution in [0.3, 0.4) is 0 Å². The van der Waals surface area contributed by atoms with Crippen molar-refractivity contribution in [2.75, 3.05) is 25.5 Å². The van der Waals surface area contributed by atoms with Gasteiger partial charge >= 0.3 is 30.2 Å². The Kier molecular flexibility index (Phi) is 10.6. The smallest absolute Gasteiger partial charge is 0.449 e. The fourth-order valence-electron chi connectivity index (χ4n) is 6.99. The molecule has 1 spiro atoms. The number of anilines is 1. The number of likely N-dealkylation sites (tertiary alicyclic amines) is 1. The van der Waals surface area contributed by atoms with Crippen molar-refractivity contribution < 1.29 is 54.6 Å². The average Bonchev–Trinajstić information content (AvgIpc) is 3.74. The van der Waals surface area contributed by atoms with Gasteiger partial charge in [-0.2, -0.15) is 26.3 Å². The number of fused-ring (bicyclic) bond motifs is 2. The summed E-state index contributed by atoms with van der Waals surface area (Å²) in [6.07, 6.45) is -11.2. The van der Waals surface area contributed by atoms with Gasteiger partial charge in [0, 0.05) is 31.4 Å². The standard InChI is InChI=1S/C35H33F7N6O7/c1-43-30(50)44-20-5-2-4-19(14-20)25(45-31(51)52)17-48-29(49)28-26(47(32(48)53)16-22-23(34(37,38)39)6-3-7-24(22)36)18-54-33(28)10-12-46(13-11-33)15-21-8-9-27(55-21)35(40,41)42/h2-9,14,25,45H,10-13,15-18H2,1H3,(H,51,52)(H2,43,44,50). The Bertz CT molecular complexity index is 2220. The van der Waals surface area contributed by atoms with Gasteiger partial charge in [-0.25, -0.2) is 18.8 Å². The van der Waals surface area contributed by atoms with Gasteiger partial charge in [0.1, 0.15) is 17.2 Å². The van der Waals surface area contributed by atoms with Crippen molar-refractivity contribution in [2.24, 2.45) is 0 Å². The Morgan fingerprint density at radius 2 is 1.65 bits per heavy atom. The highest BCUT2D eigenvalue weighted by molar-refractivity contribution is 5.89. The predicted molar refractivity (Wildman–Crippen MR) is 179 cm³/mol. The molecule has 294 valence electrons. The van der Waals surface area contributed by atoms with Gasteiger partial charge in [0.2, 0.25) is 5.76 Å². The van der Waals surface area contributed by atoms with Gasteiger partial charge in [0.25, 0.3) is 5.56 Å². The molecule has 20 heteroatoms. The molecule has 2 aliphatic rings. The molecule has 4 N–H and O–H groups in total. The van der Waals surface area contributed by atoms with E-state index in [4.69, 9.17) is 9.15 Å².